The van der Waals surface area contributed by atoms with Crippen LogP contribution in [0, 0.1) is 0 Å². The van der Waals surface area contributed by atoms with Gasteiger partial charge < -0.3 is 14.4 Å². The van der Waals surface area contributed by atoms with Crippen molar-refractivity contribution >= 4 is 37.6 Å². The lowest BCUT2D eigenvalue weighted by Gasteiger charge is -2.30. The van der Waals surface area contributed by atoms with Crippen LogP contribution in [-0.2, 0) is 14.9 Å². The lowest BCUT2D eigenvalue weighted by molar-refractivity contribution is -0.889. The molecule has 24 heavy (non-hydrogen) atoms. The van der Waals surface area contributed by atoms with E-state index in [0.29, 0.717) is 30.4 Å². The number of nitrogens with one attached hydrogen (secondary N) is 1. The van der Waals surface area contributed by atoms with Gasteiger partial charge in [0.15, 0.2) is 0 Å². The zero-order valence-electron chi connectivity index (χ0n) is 14.7. The molecule has 1 amide bonds. The molecule has 1 rings (SSSR count). The summed E-state index contributed by atoms with van der Waals surface area (Å²) in [5.41, 5.74) is 0. The van der Waals surface area contributed by atoms with Crippen molar-refractivity contribution in [3.8, 4) is 0 Å². The van der Waals surface area contributed by atoms with Gasteiger partial charge >= 0.3 is 0 Å². The van der Waals surface area contributed by atoms with Crippen molar-refractivity contribution in [2.45, 2.75) is 43.8 Å². The minimum absolute atomic E-state index is 0.0885. The number of nitrogens with zero attached hydrogens (tertiary/aromatic N) is 1. The molecular weight excluding hydrogens is 368 g/mol. The normalized spacial score (nSPS) is 18.7. The summed E-state index contributed by atoms with van der Waals surface area (Å²) in [5.74, 6) is 1.02. The molecule has 1 fully saturated rings. The van der Waals surface area contributed by atoms with Crippen LogP contribution in [-0.4, -0.2) is 73.8 Å². The highest BCUT2D eigenvalue weighted by atomic mass is 33.1. The maximum atomic E-state index is 11.8. The van der Waals surface area contributed by atoms with E-state index in [1.165, 1.54) is 18.6 Å². The van der Waals surface area contributed by atoms with Crippen molar-refractivity contribution in [3.05, 3.63) is 0 Å². The van der Waals surface area contributed by atoms with E-state index in [0.717, 1.165) is 24.6 Å². The fourth-order valence-electron chi connectivity index (χ4n) is 2.59. The smallest absolute Gasteiger partial charge is 0.220 e. The highest BCUT2D eigenvalue weighted by Gasteiger charge is 2.17. The second-order valence-corrected chi connectivity index (χ2v) is 11.2. The summed E-state index contributed by atoms with van der Waals surface area (Å²) in [6, 6.07) is 0. The first kappa shape index (κ1) is 22.1. The third-order valence-corrected chi connectivity index (χ3v) is 7.90. The summed E-state index contributed by atoms with van der Waals surface area (Å²) < 4.78 is 32.4. The van der Waals surface area contributed by atoms with E-state index in [1.807, 2.05) is 35.7 Å². The Morgan fingerprint density at radius 2 is 2.00 bits per heavy atom. The van der Waals surface area contributed by atoms with Crippen LogP contribution in [0.3, 0.4) is 0 Å². The minimum Gasteiger partial charge on any atom is -0.748 e. The third-order valence-electron chi connectivity index (χ3n) is 4.10. The predicted molar refractivity (Wildman–Crippen MR) is 101 cm³/mol. The molecule has 0 aromatic rings. The second-order valence-electron chi connectivity index (χ2n) is 6.92. The van der Waals surface area contributed by atoms with E-state index in [4.69, 9.17) is 0 Å². The first-order chi connectivity index (χ1) is 11.2. The van der Waals surface area contributed by atoms with Gasteiger partial charge in [0, 0.05) is 29.6 Å². The molecule has 1 aliphatic rings. The molecule has 0 aromatic carbocycles. The van der Waals surface area contributed by atoms with E-state index in [9.17, 15) is 17.8 Å². The second kappa shape index (κ2) is 10.9. The van der Waals surface area contributed by atoms with Crippen molar-refractivity contribution in [3.63, 3.8) is 0 Å². The van der Waals surface area contributed by atoms with Crippen LogP contribution in [0.2, 0.25) is 0 Å². The molecule has 1 N–H and O–H groups in total. The average Bonchev–Trinajstić information content (AvgIpc) is 2.95. The Kier molecular flexibility index (Phi) is 10.0. The van der Waals surface area contributed by atoms with Crippen LogP contribution in [0.5, 0.6) is 0 Å². The number of rotatable bonds is 12. The summed E-state index contributed by atoms with van der Waals surface area (Å²) in [6.45, 7) is 1.90. The SMILES string of the molecule is C[N+](C)(CCCS(=O)(=O)[O-])CCNC(=O)CCCC[C@@H]1CCSS1. The number of likely N-dealkylation sites (N-methyl/N-ethyl adjacent to an activating group) is 1. The van der Waals surface area contributed by atoms with E-state index in [-0.39, 0.29) is 11.7 Å². The van der Waals surface area contributed by atoms with Crippen LogP contribution in [0.4, 0.5) is 0 Å². The number of hydrogen-bond acceptors (Lipinski definition) is 6. The van der Waals surface area contributed by atoms with E-state index in [1.54, 1.807) is 0 Å². The van der Waals surface area contributed by atoms with E-state index >= 15 is 0 Å². The Bertz CT molecular complexity index is 477. The molecule has 0 bridgehead atoms. The predicted octanol–water partition coefficient (Wildman–Crippen LogP) is 1.83. The van der Waals surface area contributed by atoms with Gasteiger partial charge in [-0.25, -0.2) is 8.42 Å². The number of carbonyl (C=O) groups excluding carboxylic acids is 1. The van der Waals surface area contributed by atoms with Crippen LogP contribution in [0.25, 0.3) is 0 Å². The quantitative estimate of drug-likeness (QED) is 0.234. The molecular formula is C15H30N2O4S3. The number of quaternary nitrogens is 1. The summed E-state index contributed by atoms with van der Waals surface area (Å²) in [6.07, 6.45) is 5.47. The van der Waals surface area contributed by atoms with Gasteiger partial charge in [0.2, 0.25) is 5.91 Å². The van der Waals surface area contributed by atoms with Crippen LogP contribution in [0.1, 0.15) is 38.5 Å². The average molecular weight is 399 g/mol. The molecule has 0 spiro atoms. The molecule has 1 atom stereocenters. The molecule has 1 saturated heterocycles. The minimum atomic E-state index is -4.13. The number of carbonyl (C=O) groups is 1. The van der Waals surface area contributed by atoms with Crippen molar-refractivity contribution in [1.82, 2.24) is 5.32 Å². The van der Waals surface area contributed by atoms with Gasteiger partial charge in [0.1, 0.15) is 0 Å². The Balaban J connectivity index is 2.04. The number of unbranched alkanes of at least 4 members (excludes halogenated alkanes) is 1. The molecule has 6 nitrogen and oxygen atoms in total. The van der Waals surface area contributed by atoms with E-state index in [2.05, 4.69) is 5.32 Å². The van der Waals surface area contributed by atoms with Crippen LogP contribution in [0.15, 0.2) is 0 Å². The number of hydrogen-bond donors (Lipinski definition) is 1. The van der Waals surface area contributed by atoms with Gasteiger partial charge in [-0.3, -0.25) is 4.79 Å². The summed E-state index contributed by atoms with van der Waals surface area (Å²) in [4.78, 5) is 11.8. The Morgan fingerprint density at radius 3 is 2.62 bits per heavy atom. The molecule has 0 aromatic heterocycles. The molecule has 1 heterocycles. The van der Waals surface area contributed by atoms with Crippen molar-refractivity contribution < 1.29 is 22.2 Å². The Labute approximate surface area is 154 Å². The zero-order chi connectivity index (χ0) is 18.1. The maximum Gasteiger partial charge on any atom is 0.220 e. The van der Waals surface area contributed by atoms with E-state index < -0.39 is 10.1 Å². The third kappa shape index (κ3) is 11.6. The standard InChI is InChI=1S/C15H30N2O4S3/c1-17(2,10-5-13-24(19,20)21)11-9-16-15(18)7-4-3-6-14-8-12-22-23-14/h14H,3-13H2,1-2H3,(H-,16,18,19,20,21)/t14-/m1/s1. The van der Waals surface area contributed by atoms with Crippen molar-refractivity contribution in [2.24, 2.45) is 0 Å². The van der Waals surface area contributed by atoms with Gasteiger partial charge in [-0.15, -0.1) is 0 Å². The highest BCUT2D eigenvalue weighted by Crippen LogP contribution is 2.39. The van der Waals surface area contributed by atoms with Gasteiger partial charge in [-0.1, -0.05) is 28.0 Å². The Morgan fingerprint density at radius 1 is 1.25 bits per heavy atom. The zero-order valence-corrected chi connectivity index (χ0v) is 17.1. The fraction of sp³-hybridized carbons (Fsp3) is 0.933. The molecule has 0 aliphatic carbocycles. The monoisotopic (exact) mass is 398 g/mol. The first-order valence-corrected chi connectivity index (χ1v) is 12.4. The largest absolute Gasteiger partial charge is 0.748 e. The summed E-state index contributed by atoms with van der Waals surface area (Å²) in [7, 11) is 3.75. The lowest BCUT2D eigenvalue weighted by atomic mass is 10.1. The first-order valence-electron chi connectivity index (χ1n) is 8.48. The molecule has 9 heteroatoms. The number of amides is 1. The van der Waals surface area contributed by atoms with Gasteiger partial charge in [-0.05, 0) is 19.3 Å². The molecule has 0 radical (unpaired) electrons. The summed E-state index contributed by atoms with van der Waals surface area (Å²) in [5, 5.41) is 3.70. The van der Waals surface area contributed by atoms with Crippen molar-refractivity contribution in [2.75, 3.05) is 45.2 Å². The maximum absolute atomic E-state index is 11.8. The molecule has 1 aliphatic heterocycles. The molecule has 0 unspecified atom stereocenters. The van der Waals surface area contributed by atoms with Crippen LogP contribution < -0.4 is 5.32 Å². The van der Waals surface area contributed by atoms with Gasteiger partial charge in [-0.2, -0.15) is 0 Å². The van der Waals surface area contributed by atoms with Gasteiger partial charge in [0.25, 0.3) is 0 Å². The topological polar surface area (TPSA) is 86.3 Å². The molecule has 142 valence electrons. The van der Waals surface area contributed by atoms with Crippen molar-refractivity contribution in [1.29, 1.82) is 0 Å². The highest BCUT2D eigenvalue weighted by molar-refractivity contribution is 8.77. The molecule has 0 saturated carbocycles. The van der Waals surface area contributed by atoms with Crippen LogP contribution >= 0.6 is 21.6 Å². The Hall–Kier alpha value is 0.0400. The van der Waals surface area contributed by atoms with Gasteiger partial charge in [0.05, 0.1) is 43.8 Å². The summed E-state index contributed by atoms with van der Waals surface area (Å²) >= 11 is 0. The fourth-order valence-corrected chi connectivity index (χ4v) is 6.10. The lowest BCUT2D eigenvalue weighted by Crippen LogP contribution is -2.46.